The van der Waals surface area contributed by atoms with Crippen LogP contribution in [0.15, 0.2) is 18.2 Å². The molecule has 0 saturated heterocycles. The monoisotopic (exact) mass is 234 g/mol. The van der Waals surface area contributed by atoms with E-state index in [0.717, 1.165) is 23.4 Å². The maximum absolute atomic E-state index is 12.0. The van der Waals surface area contributed by atoms with Crippen molar-refractivity contribution in [3.8, 4) is 0 Å². The minimum atomic E-state index is 0.00282. The summed E-state index contributed by atoms with van der Waals surface area (Å²) >= 11 is 0. The summed E-state index contributed by atoms with van der Waals surface area (Å²) in [4.78, 5) is 13.7. The molecule has 1 aromatic carbocycles. The van der Waals surface area contributed by atoms with Crippen molar-refractivity contribution >= 4 is 17.3 Å². The number of carbonyl (C=O) groups excluding carboxylic acids is 1. The second kappa shape index (κ2) is 4.75. The summed E-state index contributed by atoms with van der Waals surface area (Å²) < 4.78 is 5.34. The van der Waals surface area contributed by atoms with Crippen molar-refractivity contribution in [1.29, 1.82) is 0 Å². The molecule has 17 heavy (non-hydrogen) atoms. The summed E-state index contributed by atoms with van der Waals surface area (Å²) in [6.45, 7) is 4.67. The molecular weight excluding hydrogens is 216 g/mol. The first kappa shape index (κ1) is 11.9. The lowest BCUT2D eigenvalue weighted by molar-refractivity contribution is -0.124. The molecule has 92 valence electrons. The van der Waals surface area contributed by atoms with E-state index in [2.05, 4.69) is 0 Å². The number of benzene rings is 1. The highest BCUT2D eigenvalue weighted by Gasteiger charge is 2.25. The van der Waals surface area contributed by atoms with Gasteiger partial charge in [-0.05, 0) is 32.4 Å². The summed E-state index contributed by atoms with van der Waals surface area (Å²) in [6, 6.07) is 5.69. The molecule has 1 aliphatic heterocycles. The first-order valence-electron chi connectivity index (χ1n) is 5.89. The van der Waals surface area contributed by atoms with Crippen LogP contribution in [0.1, 0.15) is 19.4 Å². The first-order valence-corrected chi connectivity index (χ1v) is 5.89. The van der Waals surface area contributed by atoms with E-state index in [1.807, 2.05) is 32.0 Å². The Morgan fingerprint density at radius 3 is 3.00 bits per heavy atom. The Bertz CT molecular complexity index is 429. The van der Waals surface area contributed by atoms with Crippen LogP contribution in [0.3, 0.4) is 0 Å². The van der Waals surface area contributed by atoms with Crippen molar-refractivity contribution in [2.45, 2.75) is 26.4 Å². The number of hydrogen-bond acceptors (Lipinski definition) is 3. The van der Waals surface area contributed by atoms with Crippen LogP contribution in [0, 0.1) is 0 Å². The SMILES string of the molecule is CC(C)OCC(=O)N1CCc2c(N)cccc21. The molecule has 1 heterocycles. The van der Waals surface area contributed by atoms with Crippen LogP contribution >= 0.6 is 0 Å². The number of carbonyl (C=O) groups is 1. The molecule has 1 aromatic rings. The van der Waals surface area contributed by atoms with Crippen LogP contribution in [0.4, 0.5) is 11.4 Å². The van der Waals surface area contributed by atoms with E-state index in [1.54, 1.807) is 4.90 Å². The predicted octanol–water partition coefficient (Wildman–Crippen LogP) is 1.58. The minimum Gasteiger partial charge on any atom is -0.398 e. The van der Waals surface area contributed by atoms with Gasteiger partial charge in [0.1, 0.15) is 6.61 Å². The topological polar surface area (TPSA) is 55.6 Å². The number of anilines is 2. The van der Waals surface area contributed by atoms with E-state index in [1.165, 1.54) is 0 Å². The lowest BCUT2D eigenvalue weighted by Crippen LogP contribution is -2.33. The Balaban J connectivity index is 2.11. The van der Waals surface area contributed by atoms with Gasteiger partial charge in [0.25, 0.3) is 5.91 Å². The Labute approximate surface area is 101 Å². The third-order valence-electron chi connectivity index (χ3n) is 2.90. The van der Waals surface area contributed by atoms with E-state index >= 15 is 0 Å². The molecule has 2 N–H and O–H groups in total. The van der Waals surface area contributed by atoms with Gasteiger partial charge >= 0.3 is 0 Å². The zero-order valence-corrected chi connectivity index (χ0v) is 10.3. The smallest absolute Gasteiger partial charge is 0.253 e. The van der Waals surface area contributed by atoms with Gasteiger partial charge in [0.15, 0.2) is 0 Å². The summed E-state index contributed by atoms with van der Waals surface area (Å²) in [5.41, 5.74) is 8.66. The van der Waals surface area contributed by atoms with Crippen molar-refractivity contribution < 1.29 is 9.53 Å². The Morgan fingerprint density at radius 2 is 2.29 bits per heavy atom. The molecular formula is C13H18N2O2. The van der Waals surface area contributed by atoms with Crippen LogP contribution in [0.5, 0.6) is 0 Å². The summed E-state index contributed by atoms with van der Waals surface area (Å²) in [6.07, 6.45) is 0.900. The van der Waals surface area contributed by atoms with Gasteiger partial charge in [-0.2, -0.15) is 0 Å². The molecule has 0 atom stereocenters. The molecule has 0 spiro atoms. The van der Waals surface area contributed by atoms with Crippen molar-refractivity contribution in [2.24, 2.45) is 0 Å². The van der Waals surface area contributed by atoms with E-state index in [-0.39, 0.29) is 18.6 Å². The van der Waals surface area contributed by atoms with Gasteiger partial charge in [-0.1, -0.05) is 6.07 Å². The van der Waals surface area contributed by atoms with Gasteiger partial charge in [0.2, 0.25) is 0 Å². The summed E-state index contributed by atoms with van der Waals surface area (Å²) in [5, 5.41) is 0. The average Bonchev–Trinajstić information content (AvgIpc) is 2.71. The molecule has 2 rings (SSSR count). The normalized spacial score (nSPS) is 14.2. The lowest BCUT2D eigenvalue weighted by atomic mass is 10.1. The number of fused-ring (bicyclic) bond motifs is 1. The third-order valence-corrected chi connectivity index (χ3v) is 2.90. The molecule has 4 nitrogen and oxygen atoms in total. The molecule has 0 unspecified atom stereocenters. The highest BCUT2D eigenvalue weighted by molar-refractivity contribution is 5.97. The zero-order chi connectivity index (χ0) is 12.4. The molecule has 1 amide bonds. The summed E-state index contributed by atoms with van der Waals surface area (Å²) in [5.74, 6) is 0.00282. The highest BCUT2D eigenvalue weighted by Crippen LogP contribution is 2.31. The minimum absolute atomic E-state index is 0.00282. The molecule has 4 heteroatoms. The number of nitrogen functional groups attached to an aromatic ring is 1. The maximum Gasteiger partial charge on any atom is 0.253 e. The van der Waals surface area contributed by atoms with E-state index in [0.29, 0.717) is 6.54 Å². The Kier molecular flexibility index (Phi) is 3.33. The van der Waals surface area contributed by atoms with Gasteiger partial charge in [0.05, 0.1) is 6.10 Å². The average molecular weight is 234 g/mol. The second-order valence-corrected chi connectivity index (χ2v) is 4.50. The fourth-order valence-electron chi connectivity index (χ4n) is 2.04. The largest absolute Gasteiger partial charge is 0.398 e. The van der Waals surface area contributed by atoms with Crippen LogP contribution < -0.4 is 10.6 Å². The van der Waals surface area contributed by atoms with Gasteiger partial charge < -0.3 is 15.4 Å². The lowest BCUT2D eigenvalue weighted by Gasteiger charge is -2.18. The van der Waals surface area contributed by atoms with E-state index in [9.17, 15) is 4.79 Å². The quantitative estimate of drug-likeness (QED) is 0.808. The van der Waals surface area contributed by atoms with Crippen molar-refractivity contribution in [1.82, 2.24) is 0 Å². The molecule has 0 aromatic heterocycles. The molecule has 0 fully saturated rings. The van der Waals surface area contributed by atoms with E-state index in [4.69, 9.17) is 10.5 Å². The molecule has 1 aliphatic rings. The van der Waals surface area contributed by atoms with Gasteiger partial charge in [0, 0.05) is 23.5 Å². The number of ether oxygens (including phenoxy) is 1. The van der Waals surface area contributed by atoms with Crippen molar-refractivity contribution in [3.05, 3.63) is 23.8 Å². The second-order valence-electron chi connectivity index (χ2n) is 4.50. The maximum atomic E-state index is 12.0. The number of nitrogens with two attached hydrogens (primary N) is 1. The number of amides is 1. The van der Waals surface area contributed by atoms with Crippen molar-refractivity contribution in [2.75, 3.05) is 23.8 Å². The van der Waals surface area contributed by atoms with Crippen LogP contribution in [-0.2, 0) is 16.0 Å². The van der Waals surface area contributed by atoms with Crippen LogP contribution in [0.2, 0.25) is 0 Å². The van der Waals surface area contributed by atoms with Crippen LogP contribution in [-0.4, -0.2) is 25.2 Å². The fourth-order valence-corrected chi connectivity index (χ4v) is 2.04. The number of rotatable bonds is 3. The summed E-state index contributed by atoms with van der Waals surface area (Å²) in [7, 11) is 0. The molecule has 0 saturated carbocycles. The predicted molar refractivity (Wildman–Crippen MR) is 68.0 cm³/mol. The third kappa shape index (κ3) is 2.42. The number of nitrogens with zero attached hydrogens (tertiary/aromatic N) is 1. The fraction of sp³-hybridized carbons (Fsp3) is 0.462. The standard InChI is InChI=1S/C13H18N2O2/c1-9(2)17-8-13(16)15-7-6-10-11(14)4-3-5-12(10)15/h3-5,9H,6-8,14H2,1-2H3. The van der Waals surface area contributed by atoms with Crippen LogP contribution in [0.25, 0.3) is 0 Å². The van der Waals surface area contributed by atoms with Gasteiger partial charge in [-0.15, -0.1) is 0 Å². The first-order chi connectivity index (χ1) is 8.09. The molecule has 0 radical (unpaired) electrons. The zero-order valence-electron chi connectivity index (χ0n) is 10.3. The number of hydrogen-bond donors (Lipinski definition) is 1. The highest BCUT2D eigenvalue weighted by atomic mass is 16.5. The molecule has 0 bridgehead atoms. The van der Waals surface area contributed by atoms with E-state index < -0.39 is 0 Å². The van der Waals surface area contributed by atoms with Gasteiger partial charge in [-0.25, -0.2) is 0 Å². The Morgan fingerprint density at radius 1 is 1.53 bits per heavy atom. The molecule has 0 aliphatic carbocycles. The van der Waals surface area contributed by atoms with Crippen molar-refractivity contribution in [3.63, 3.8) is 0 Å². The Hall–Kier alpha value is -1.55. The van der Waals surface area contributed by atoms with Gasteiger partial charge in [-0.3, -0.25) is 4.79 Å².